The zero-order valence-electron chi connectivity index (χ0n) is 6.52. The van der Waals surface area contributed by atoms with Gasteiger partial charge in [-0.2, -0.15) is 15.4 Å². The van der Waals surface area contributed by atoms with E-state index < -0.39 is 5.78 Å². The maximum Gasteiger partial charge on any atom is 0.227 e. The smallest absolute Gasteiger partial charge is 0.227 e. The minimum absolute atomic E-state index is 0.267. The Kier molecular flexibility index (Phi) is 1.63. The number of Topliss-reactive ketones (excluding diaryl/α,β-unsaturated/α-hetero) is 1. The Bertz CT molecular complexity index is 475. The second kappa shape index (κ2) is 2.78. The van der Waals surface area contributed by atoms with Crippen LogP contribution in [0.1, 0.15) is 10.4 Å². The molecule has 64 valence electrons. The number of benzene rings is 1. The molecule has 0 amide bonds. The SMILES string of the molecule is O=CC(=O)c1cccc2n[nH]nc12. The maximum atomic E-state index is 11.1. The lowest BCUT2D eigenvalue weighted by molar-refractivity contribution is -0.104. The molecule has 13 heavy (non-hydrogen) atoms. The highest BCUT2D eigenvalue weighted by molar-refractivity contribution is 6.35. The van der Waals surface area contributed by atoms with Crippen molar-refractivity contribution in [1.29, 1.82) is 0 Å². The second-order valence-electron chi connectivity index (χ2n) is 2.48. The van der Waals surface area contributed by atoms with E-state index in [0.29, 0.717) is 11.0 Å². The third-order valence-electron chi connectivity index (χ3n) is 1.72. The molecule has 1 heterocycles. The molecule has 2 aromatic rings. The van der Waals surface area contributed by atoms with E-state index in [0.717, 1.165) is 0 Å². The second-order valence-corrected chi connectivity index (χ2v) is 2.48. The molecule has 0 saturated carbocycles. The molecule has 0 fully saturated rings. The normalized spacial score (nSPS) is 10.2. The van der Waals surface area contributed by atoms with E-state index in [4.69, 9.17) is 0 Å². The molecule has 0 spiro atoms. The minimum atomic E-state index is -0.584. The topological polar surface area (TPSA) is 75.7 Å². The summed E-state index contributed by atoms with van der Waals surface area (Å²) in [5.41, 5.74) is 1.29. The fourth-order valence-electron chi connectivity index (χ4n) is 1.13. The Morgan fingerprint density at radius 3 is 3.00 bits per heavy atom. The van der Waals surface area contributed by atoms with Crippen molar-refractivity contribution >= 4 is 23.1 Å². The molecule has 0 atom stereocenters. The first-order valence-electron chi connectivity index (χ1n) is 3.62. The van der Waals surface area contributed by atoms with E-state index >= 15 is 0 Å². The number of hydrogen-bond donors (Lipinski definition) is 1. The summed E-state index contributed by atoms with van der Waals surface area (Å²) >= 11 is 0. The lowest BCUT2D eigenvalue weighted by atomic mass is 10.1. The Hall–Kier alpha value is -2.04. The summed E-state index contributed by atoms with van der Waals surface area (Å²) in [7, 11) is 0. The number of nitrogens with zero attached hydrogens (tertiary/aromatic N) is 2. The summed E-state index contributed by atoms with van der Waals surface area (Å²) in [4.78, 5) is 21.3. The molecule has 1 aromatic heterocycles. The monoisotopic (exact) mass is 175 g/mol. The summed E-state index contributed by atoms with van der Waals surface area (Å²) in [5.74, 6) is -0.584. The first-order chi connectivity index (χ1) is 6.33. The van der Waals surface area contributed by atoms with Crippen LogP contribution in [0.4, 0.5) is 0 Å². The summed E-state index contributed by atoms with van der Waals surface area (Å²) in [6, 6.07) is 4.91. The van der Waals surface area contributed by atoms with Crippen molar-refractivity contribution in [2.45, 2.75) is 0 Å². The number of carbonyl (C=O) groups excluding carboxylic acids is 2. The molecular weight excluding hydrogens is 170 g/mol. The summed E-state index contributed by atoms with van der Waals surface area (Å²) in [5, 5.41) is 9.95. The van der Waals surface area contributed by atoms with Crippen LogP contribution in [0.15, 0.2) is 18.2 Å². The summed E-state index contributed by atoms with van der Waals surface area (Å²) in [6.07, 6.45) is 0.267. The zero-order chi connectivity index (χ0) is 9.26. The van der Waals surface area contributed by atoms with Gasteiger partial charge in [0.2, 0.25) is 5.78 Å². The first-order valence-corrected chi connectivity index (χ1v) is 3.62. The Morgan fingerprint density at radius 1 is 1.38 bits per heavy atom. The number of aromatic amines is 1. The number of rotatable bonds is 2. The van der Waals surface area contributed by atoms with Gasteiger partial charge in [0, 0.05) is 0 Å². The van der Waals surface area contributed by atoms with Crippen LogP contribution in [0, 0.1) is 0 Å². The van der Waals surface area contributed by atoms with Crippen LogP contribution in [0.5, 0.6) is 0 Å². The highest BCUT2D eigenvalue weighted by atomic mass is 16.2. The van der Waals surface area contributed by atoms with Gasteiger partial charge in [-0.05, 0) is 12.1 Å². The Labute approximate surface area is 72.8 Å². The quantitative estimate of drug-likeness (QED) is 0.405. The fourth-order valence-corrected chi connectivity index (χ4v) is 1.13. The van der Waals surface area contributed by atoms with E-state index in [2.05, 4.69) is 15.4 Å². The molecule has 0 bridgehead atoms. The predicted octanol–water partition coefficient (Wildman–Crippen LogP) is 0.339. The van der Waals surface area contributed by atoms with Gasteiger partial charge in [0.05, 0.1) is 5.56 Å². The number of H-pyrrole nitrogens is 1. The highest BCUT2D eigenvalue weighted by Crippen LogP contribution is 2.12. The van der Waals surface area contributed by atoms with Crippen molar-refractivity contribution in [3.8, 4) is 0 Å². The largest absolute Gasteiger partial charge is 0.294 e. The fraction of sp³-hybridized carbons (Fsp3) is 0. The van der Waals surface area contributed by atoms with E-state index in [1.165, 1.54) is 0 Å². The lowest BCUT2D eigenvalue weighted by Crippen LogP contribution is -2.00. The predicted molar refractivity (Wildman–Crippen MR) is 44.3 cm³/mol. The molecule has 0 radical (unpaired) electrons. The van der Waals surface area contributed by atoms with Crippen molar-refractivity contribution in [3.63, 3.8) is 0 Å². The third kappa shape index (κ3) is 1.10. The van der Waals surface area contributed by atoms with Gasteiger partial charge in [-0.25, -0.2) is 0 Å². The van der Waals surface area contributed by atoms with Crippen LogP contribution in [-0.2, 0) is 4.79 Å². The first kappa shape index (κ1) is 7.60. The van der Waals surface area contributed by atoms with Crippen LogP contribution >= 0.6 is 0 Å². The summed E-state index contributed by atoms with van der Waals surface area (Å²) < 4.78 is 0. The van der Waals surface area contributed by atoms with Crippen molar-refractivity contribution in [2.75, 3.05) is 0 Å². The molecule has 0 unspecified atom stereocenters. The molecule has 0 aliphatic heterocycles. The van der Waals surface area contributed by atoms with Gasteiger partial charge < -0.3 is 0 Å². The zero-order valence-corrected chi connectivity index (χ0v) is 6.52. The molecular formula is C8H5N3O2. The lowest BCUT2D eigenvalue weighted by Gasteiger charge is -1.92. The van der Waals surface area contributed by atoms with Gasteiger partial charge in [0.25, 0.3) is 0 Å². The van der Waals surface area contributed by atoms with E-state index in [-0.39, 0.29) is 11.8 Å². The molecule has 1 N–H and O–H groups in total. The number of aldehydes is 1. The average Bonchev–Trinajstić information content (AvgIpc) is 2.63. The van der Waals surface area contributed by atoms with E-state index in [1.54, 1.807) is 18.2 Å². The van der Waals surface area contributed by atoms with Gasteiger partial charge in [-0.1, -0.05) is 6.07 Å². The molecule has 5 heteroatoms. The van der Waals surface area contributed by atoms with Crippen LogP contribution in [-0.4, -0.2) is 27.5 Å². The van der Waals surface area contributed by atoms with Gasteiger partial charge in [-0.3, -0.25) is 9.59 Å². The van der Waals surface area contributed by atoms with E-state index in [1.807, 2.05) is 0 Å². The Morgan fingerprint density at radius 2 is 2.23 bits per heavy atom. The maximum absolute atomic E-state index is 11.1. The molecule has 5 nitrogen and oxygen atoms in total. The Balaban J connectivity index is 2.74. The average molecular weight is 175 g/mol. The van der Waals surface area contributed by atoms with Crippen molar-refractivity contribution in [1.82, 2.24) is 15.4 Å². The standard InChI is InChI=1S/C8H5N3O2/c12-4-7(13)5-2-1-3-6-8(5)10-11-9-6/h1-4H,(H,9,10,11). The molecule has 0 aliphatic rings. The highest BCUT2D eigenvalue weighted by Gasteiger charge is 2.10. The van der Waals surface area contributed by atoms with Gasteiger partial charge >= 0.3 is 0 Å². The van der Waals surface area contributed by atoms with Crippen molar-refractivity contribution in [3.05, 3.63) is 23.8 Å². The number of ketones is 1. The van der Waals surface area contributed by atoms with Gasteiger partial charge in [-0.15, -0.1) is 0 Å². The number of fused-ring (bicyclic) bond motifs is 1. The molecule has 0 saturated heterocycles. The van der Waals surface area contributed by atoms with Crippen LogP contribution in [0.25, 0.3) is 11.0 Å². The van der Waals surface area contributed by atoms with Gasteiger partial charge in [0.1, 0.15) is 11.0 Å². The number of aromatic nitrogens is 3. The molecule has 2 rings (SSSR count). The van der Waals surface area contributed by atoms with Crippen molar-refractivity contribution in [2.24, 2.45) is 0 Å². The third-order valence-corrected chi connectivity index (χ3v) is 1.72. The molecule has 1 aromatic carbocycles. The molecule has 0 aliphatic carbocycles. The van der Waals surface area contributed by atoms with Crippen LogP contribution < -0.4 is 0 Å². The van der Waals surface area contributed by atoms with Gasteiger partial charge in [0.15, 0.2) is 6.29 Å². The number of nitrogens with one attached hydrogen (secondary N) is 1. The van der Waals surface area contributed by atoms with Crippen molar-refractivity contribution < 1.29 is 9.59 Å². The number of hydrogen-bond acceptors (Lipinski definition) is 4. The number of carbonyl (C=O) groups is 2. The minimum Gasteiger partial charge on any atom is -0.294 e. The van der Waals surface area contributed by atoms with Crippen LogP contribution in [0.3, 0.4) is 0 Å². The van der Waals surface area contributed by atoms with Crippen LogP contribution in [0.2, 0.25) is 0 Å². The summed E-state index contributed by atoms with van der Waals surface area (Å²) in [6.45, 7) is 0. The van der Waals surface area contributed by atoms with E-state index in [9.17, 15) is 9.59 Å². The number of para-hydroxylation sites is 1.